The van der Waals surface area contributed by atoms with Gasteiger partial charge in [0, 0.05) is 17.8 Å². The molecule has 4 aromatic rings. The molecule has 3 aromatic heterocycles. The summed E-state index contributed by atoms with van der Waals surface area (Å²) in [5.41, 5.74) is 2.80. The van der Waals surface area contributed by atoms with Crippen molar-refractivity contribution < 1.29 is 13.2 Å². The van der Waals surface area contributed by atoms with Gasteiger partial charge in [0.2, 0.25) is 5.89 Å². The second kappa shape index (κ2) is 8.03. The molecule has 5 rings (SSSR count). The molecule has 1 saturated heterocycles. The van der Waals surface area contributed by atoms with Crippen molar-refractivity contribution in [1.29, 1.82) is 0 Å². The average Bonchev–Trinajstić information content (AvgIpc) is 3.39. The SMILES string of the molecule is O=c1n(Cc2ccc(-c3nnc(C(F)F)o3)cc2)c2ncccc2n1C1CCNCC1. The molecule has 160 valence electrons. The van der Waals surface area contributed by atoms with E-state index in [1.54, 1.807) is 22.9 Å². The highest BCUT2D eigenvalue weighted by Gasteiger charge is 2.23. The highest BCUT2D eigenvalue weighted by atomic mass is 19.3. The highest BCUT2D eigenvalue weighted by molar-refractivity contribution is 5.71. The summed E-state index contributed by atoms with van der Waals surface area (Å²) in [5, 5.41) is 10.3. The molecule has 0 amide bonds. The number of pyridine rings is 1. The molecule has 0 aliphatic carbocycles. The van der Waals surface area contributed by atoms with Gasteiger partial charge in [-0.1, -0.05) is 12.1 Å². The van der Waals surface area contributed by atoms with Crippen molar-refractivity contribution in [3.05, 3.63) is 64.5 Å². The van der Waals surface area contributed by atoms with E-state index in [-0.39, 0.29) is 17.6 Å². The maximum absolute atomic E-state index is 13.3. The summed E-state index contributed by atoms with van der Waals surface area (Å²) < 4.78 is 33.9. The summed E-state index contributed by atoms with van der Waals surface area (Å²) in [7, 11) is 0. The van der Waals surface area contributed by atoms with E-state index in [9.17, 15) is 13.6 Å². The average molecular weight is 426 g/mol. The first-order valence-electron chi connectivity index (χ1n) is 10.1. The van der Waals surface area contributed by atoms with Gasteiger partial charge in [-0.3, -0.25) is 9.13 Å². The van der Waals surface area contributed by atoms with Crippen LogP contribution in [0.2, 0.25) is 0 Å². The van der Waals surface area contributed by atoms with Gasteiger partial charge in [-0.25, -0.2) is 9.78 Å². The van der Waals surface area contributed by atoms with Crippen LogP contribution >= 0.6 is 0 Å². The van der Waals surface area contributed by atoms with Crippen LogP contribution < -0.4 is 11.0 Å². The molecule has 0 bridgehead atoms. The fourth-order valence-corrected chi connectivity index (χ4v) is 4.04. The van der Waals surface area contributed by atoms with E-state index in [4.69, 9.17) is 4.42 Å². The fourth-order valence-electron chi connectivity index (χ4n) is 4.04. The van der Waals surface area contributed by atoms with Gasteiger partial charge in [0.25, 0.3) is 5.89 Å². The molecule has 0 saturated carbocycles. The van der Waals surface area contributed by atoms with E-state index in [0.29, 0.717) is 17.8 Å². The fraction of sp³-hybridized carbons (Fsp3) is 0.333. The van der Waals surface area contributed by atoms with E-state index in [2.05, 4.69) is 20.5 Å². The third-order valence-corrected chi connectivity index (χ3v) is 5.56. The Labute approximate surface area is 175 Å². The van der Waals surface area contributed by atoms with Gasteiger partial charge in [0.15, 0.2) is 5.65 Å². The molecule has 0 atom stereocenters. The lowest BCUT2D eigenvalue weighted by Crippen LogP contribution is -2.35. The number of imidazole rings is 1. The van der Waals surface area contributed by atoms with Crippen LogP contribution in [0, 0.1) is 0 Å². The molecule has 0 spiro atoms. The quantitative estimate of drug-likeness (QED) is 0.527. The molecule has 0 unspecified atom stereocenters. The number of rotatable bonds is 5. The summed E-state index contributed by atoms with van der Waals surface area (Å²) in [6.45, 7) is 2.11. The topological polar surface area (TPSA) is 90.8 Å². The van der Waals surface area contributed by atoms with Crippen molar-refractivity contribution in [1.82, 2.24) is 29.6 Å². The number of piperidine rings is 1. The van der Waals surface area contributed by atoms with E-state index < -0.39 is 12.3 Å². The lowest BCUT2D eigenvalue weighted by Gasteiger charge is -2.23. The largest absolute Gasteiger partial charge is 0.415 e. The smallest absolute Gasteiger partial charge is 0.330 e. The van der Waals surface area contributed by atoms with Gasteiger partial charge >= 0.3 is 12.1 Å². The van der Waals surface area contributed by atoms with Gasteiger partial charge in [0.05, 0.1) is 12.1 Å². The molecule has 1 aliphatic rings. The van der Waals surface area contributed by atoms with Crippen LogP contribution in [0.5, 0.6) is 0 Å². The van der Waals surface area contributed by atoms with E-state index in [0.717, 1.165) is 37.0 Å². The molecule has 1 aliphatic heterocycles. The Bertz CT molecular complexity index is 1260. The maximum atomic E-state index is 13.3. The number of alkyl halides is 2. The monoisotopic (exact) mass is 426 g/mol. The van der Waals surface area contributed by atoms with Crippen LogP contribution in [0.1, 0.15) is 36.8 Å². The predicted octanol–water partition coefficient (Wildman–Crippen LogP) is 3.16. The number of halogens is 2. The highest BCUT2D eigenvalue weighted by Crippen LogP contribution is 2.25. The summed E-state index contributed by atoms with van der Waals surface area (Å²) in [4.78, 5) is 17.8. The number of benzene rings is 1. The number of hydrogen-bond donors (Lipinski definition) is 1. The summed E-state index contributed by atoms with van der Waals surface area (Å²) in [6.07, 6.45) is 0.669. The molecule has 1 fully saturated rings. The van der Waals surface area contributed by atoms with Crippen molar-refractivity contribution in [2.75, 3.05) is 13.1 Å². The number of hydrogen-bond acceptors (Lipinski definition) is 6. The van der Waals surface area contributed by atoms with Crippen LogP contribution in [0.15, 0.2) is 51.8 Å². The maximum Gasteiger partial charge on any atom is 0.330 e. The van der Waals surface area contributed by atoms with Crippen molar-refractivity contribution in [3.63, 3.8) is 0 Å². The van der Waals surface area contributed by atoms with Crippen LogP contribution in [-0.4, -0.2) is 37.4 Å². The van der Waals surface area contributed by atoms with Crippen LogP contribution in [-0.2, 0) is 6.54 Å². The Hall–Kier alpha value is -3.40. The van der Waals surface area contributed by atoms with Crippen LogP contribution in [0.3, 0.4) is 0 Å². The third-order valence-electron chi connectivity index (χ3n) is 5.56. The first-order valence-corrected chi connectivity index (χ1v) is 10.1. The normalized spacial score (nSPS) is 15.2. The Morgan fingerprint density at radius 2 is 1.90 bits per heavy atom. The second-order valence-corrected chi connectivity index (χ2v) is 7.51. The molecule has 8 nitrogen and oxygen atoms in total. The van der Waals surface area contributed by atoms with Crippen molar-refractivity contribution >= 4 is 11.2 Å². The van der Waals surface area contributed by atoms with Gasteiger partial charge in [0.1, 0.15) is 0 Å². The summed E-state index contributed by atoms with van der Waals surface area (Å²) in [6, 6.07) is 11.0. The summed E-state index contributed by atoms with van der Waals surface area (Å²) >= 11 is 0. The molecule has 1 N–H and O–H groups in total. The zero-order chi connectivity index (χ0) is 21.4. The lowest BCUT2D eigenvalue weighted by molar-refractivity contribution is 0.116. The number of nitrogens with one attached hydrogen (secondary N) is 1. The molecule has 1 aromatic carbocycles. The minimum Gasteiger partial charge on any atom is -0.415 e. The third kappa shape index (κ3) is 3.63. The van der Waals surface area contributed by atoms with Crippen molar-refractivity contribution in [2.45, 2.75) is 31.9 Å². The zero-order valence-corrected chi connectivity index (χ0v) is 16.5. The second-order valence-electron chi connectivity index (χ2n) is 7.51. The van der Waals surface area contributed by atoms with Crippen LogP contribution in [0.4, 0.5) is 8.78 Å². The first-order chi connectivity index (χ1) is 15.1. The molecule has 31 heavy (non-hydrogen) atoms. The van der Waals surface area contributed by atoms with E-state index in [1.807, 2.05) is 28.8 Å². The lowest BCUT2D eigenvalue weighted by atomic mass is 10.1. The Kier molecular flexibility index (Phi) is 5.06. The molecule has 0 radical (unpaired) electrons. The van der Waals surface area contributed by atoms with E-state index >= 15 is 0 Å². The number of aromatic nitrogens is 5. The molecular weight excluding hydrogens is 406 g/mol. The van der Waals surface area contributed by atoms with Gasteiger partial charge in [-0.2, -0.15) is 8.78 Å². The number of fused-ring (bicyclic) bond motifs is 1. The molecule has 4 heterocycles. The predicted molar refractivity (Wildman–Crippen MR) is 109 cm³/mol. The van der Waals surface area contributed by atoms with Gasteiger partial charge in [-0.05, 0) is 55.8 Å². The van der Waals surface area contributed by atoms with Gasteiger partial charge in [-0.15, -0.1) is 10.2 Å². The Morgan fingerprint density at radius 3 is 2.61 bits per heavy atom. The minimum absolute atomic E-state index is 0.0307. The minimum atomic E-state index is -2.81. The Balaban J connectivity index is 1.46. The van der Waals surface area contributed by atoms with E-state index in [1.165, 1.54) is 0 Å². The number of nitrogens with zero attached hydrogens (tertiary/aromatic N) is 5. The standard InChI is InChI=1S/C21H20F2N6O2/c22-17(23)20-27-26-19(31-20)14-5-3-13(4-6-14)12-28-18-16(2-1-9-25-18)29(21(28)30)15-7-10-24-11-8-15/h1-6,9,15,17,24H,7-8,10-12H2. The summed E-state index contributed by atoms with van der Waals surface area (Å²) in [5.74, 6) is -0.675. The van der Waals surface area contributed by atoms with Gasteiger partial charge < -0.3 is 9.73 Å². The molecule has 10 heteroatoms. The zero-order valence-electron chi connectivity index (χ0n) is 16.5. The van der Waals surface area contributed by atoms with Crippen molar-refractivity contribution in [2.24, 2.45) is 0 Å². The Morgan fingerprint density at radius 1 is 1.13 bits per heavy atom. The first kappa shape index (κ1) is 19.6. The molecular formula is C21H20F2N6O2. The van der Waals surface area contributed by atoms with Crippen molar-refractivity contribution in [3.8, 4) is 11.5 Å². The van der Waals surface area contributed by atoms with Crippen LogP contribution in [0.25, 0.3) is 22.6 Å².